The van der Waals surface area contributed by atoms with E-state index in [0.717, 1.165) is 12.1 Å². The van der Waals surface area contributed by atoms with Crippen molar-refractivity contribution < 1.29 is 29.2 Å². The Morgan fingerprint density at radius 1 is 0.958 bits per heavy atom. The molecule has 3 aromatic rings. The van der Waals surface area contributed by atoms with Crippen molar-refractivity contribution in [2.24, 2.45) is 0 Å². The van der Waals surface area contributed by atoms with Crippen LogP contribution in [-0.2, 0) is 0 Å². The van der Waals surface area contributed by atoms with Crippen molar-refractivity contribution in [3.05, 3.63) is 40.6 Å². The molecule has 3 N–H and O–H groups in total. The molecule has 0 aliphatic heterocycles. The summed E-state index contributed by atoms with van der Waals surface area (Å²) >= 11 is 0. The van der Waals surface area contributed by atoms with E-state index < -0.39 is 5.43 Å². The SMILES string of the molecule is COc1cc(O)c2c(=O)cc(-c3ccc(O)cc3O)oc2c1OC. The van der Waals surface area contributed by atoms with Crippen molar-refractivity contribution in [2.45, 2.75) is 0 Å². The van der Waals surface area contributed by atoms with E-state index >= 15 is 0 Å². The smallest absolute Gasteiger partial charge is 0.205 e. The molecule has 0 atom stereocenters. The lowest BCUT2D eigenvalue weighted by Crippen LogP contribution is -2.03. The van der Waals surface area contributed by atoms with Crippen molar-refractivity contribution >= 4 is 11.0 Å². The summed E-state index contributed by atoms with van der Waals surface area (Å²) in [5.74, 6) is -0.311. The first-order chi connectivity index (χ1) is 11.5. The molecule has 0 fully saturated rings. The van der Waals surface area contributed by atoms with Gasteiger partial charge in [-0.15, -0.1) is 0 Å². The van der Waals surface area contributed by atoms with Gasteiger partial charge >= 0.3 is 0 Å². The van der Waals surface area contributed by atoms with Crippen LogP contribution in [0.2, 0.25) is 0 Å². The second-order valence-corrected chi connectivity index (χ2v) is 5.01. The summed E-state index contributed by atoms with van der Waals surface area (Å²) in [6.45, 7) is 0. The van der Waals surface area contributed by atoms with Crippen LogP contribution in [0.3, 0.4) is 0 Å². The van der Waals surface area contributed by atoms with Crippen LogP contribution in [0, 0.1) is 0 Å². The molecular formula is C17H14O7. The third kappa shape index (κ3) is 2.36. The molecule has 0 aliphatic rings. The topological polar surface area (TPSA) is 109 Å². The van der Waals surface area contributed by atoms with Crippen molar-refractivity contribution in [3.8, 4) is 40.1 Å². The number of hydrogen-bond acceptors (Lipinski definition) is 7. The summed E-state index contributed by atoms with van der Waals surface area (Å²) < 4.78 is 16.0. The van der Waals surface area contributed by atoms with Gasteiger partial charge in [0.15, 0.2) is 16.8 Å². The van der Waals surface area contributed by atoms with E-state index in [1.165, 1.54) is 32.4 Å². The van der Waals surface area contributed by atoms with Gasteiger partial charge in [-0.05, 0) is 12.1 Å². The first-order valence-corrected chi connectivity index (χ1v) is 6.90. The molecular weight excluding hydrogens is 316 g/mol. The Kier molecular flexibility index (Phi) is 3.69. The zero-order valence-electron chi connectivity index (χ0n) is 12.9. The molecule has 7 nitrogen and oxygen atoms in total. The molecule has 0 unspecified atom stereocenters. The molecule has 7 heteroatoms. The number of methoxy groups -OCH3 is 2. The summed E-state index contributed by atoms with van der Waals surface area (Å²) in [5.41, 5.74) is -0.322. The van der Waals surface area contributed by atoms with Crippen LogP contribution in [0.5, 0.6) is 28.7 Å². The standard InChI is InChI=1S/C17H14O7/c1-22-14-7-12(21)15-11(20)6-13(24-17(15)16(14)23-2)9-4-3-8(18)5-10(9)19/h3-7,18-19,21H,1-2H3. The normalized spacial score (nSPS) is 10.8. The molecule has 1 heterocycles. The summed E-state index contributed by atoms with van der Waals surface area (Å²) in [7, 11) is 2.76. The fourth-order valence-corrected chi connectivity index (χ4v) is 2.48. The zero-order valence-corrected chi connectivity index (χ0v) is 12.9. The monoisotopic (exact) mass is 330 g/mol. The highest BCUT2D eigenvalue weighted by Gasteiger charge is 2.20. The maximum absolute atomic E-state index is 12.4. The highest BCUT2D eigenvalue weighted by molar-refractivity contribution is 5.92. The fourth-order valence-electron chi connectivity index (χ4n) is 2.48. The molecule has 0 saturated carbocycles. The highest BCUT2D eigenvalue weighted by Crippen LogP contribution is 2.41. The molecule has 1 aromatic heterocycles. The van der Waals surface area contributed by atoms with Gasteiger partial charge in [0.2, 0.25) is 5.75 Å². The molecule has 24 heavy (non-hydrogen) atoms. The summed E-state index contributed by atoms with van der Waals surface area (Å²) in [6, 6.07) is 6.27. The molecule has 0 aliphatic carbocycles. The summed E-state index contributed by atoms with van der Waals surface area (Å²) in [5, 5.41) is 29.3. The number of ether oxygens (including phenoxy) is 2. The van der Waals surface area contributed by atoms with Gasteiger partial charge in [-0.25, -0.2) is 0 Å². The van der Waals surface area contributed by atoms with Crippen molar-refractivity contribution in [3.63, 3.8) is 0 Å². The number of phenols is 3. The Morgan fingerprint density at radius 3 is 2.33 bits per heavy atom. The number of benzene rings is 2. The lowest BCUT2D eigenvalue weighted by atomic mass is 10.1. The van der Waals surface area contributed by atoms with Gasteiger partial charge in [0.05, 0.1) is 19.8 Å². The van der Waals surface area contributed by atoms with Gasteiger partial charge in [0.1, 0.15) is 28.4 Å². The Morgan fingerprint density at radius 2 is 1.71 bits per heavy atom. The first-order valence-electron chi connectivity index (χ1n) is 6.90. The second kappa shape index (κ2) is 5.69. The maximum atomic E-state index is 12.4. The second-order valence-electron chi connectivity index (χ2n) is 5.01. The van der Waals surface area contributed by atoms with Crippen LogP contribution >= 0.6 is 0 Å². The number of hydrogen-bond donors (Lipinski definition) is 3. The minimum atomic E-state index is -0.517. The molecule has 2 aromatic carbocycles. The molecule has 3 rings (SSSR count). The number of fused-ring (bicyclic) bond motifs is 1. The Labute approximate surface area is 135 Å². The average Bonchev–Trinajstić information content (AvgIpc) is 2.53. The van der Waals surface area contributed by atoms with E-state index in [0.29, 0.717) is 0 Å². The van der Waals surface area contributed by atoms with Crippen LogP contribution in [0.25, 0.3) is 22.3 Å². The van der Waals surface area contributed by atoms with Crippen LogP contribution in [0.15, 0.2) is 39.5 Å². The van der Waals surface area contributed by atoms with Crippen LogP contribution in [-0.4, -0.2) is 29.5 Å². The summed E-state index contributed by atoms with van der Waals surface area (Å²) in [4.78, 5) is 12.4. The van der Waals surface area contributed by atoms with E-state index in [9.17, 15) is 20.1 Å². The van der Waals surface area contributed by atoms with Gasteiger partial charge in [-0.3, -0.25) is 4.79 Å². The highest BCUT2D eigenvalue weighted by atomic mass is 16.5. The fraction of sp³-hybridized carbons (Fsp3) is 0.118. The Bertz CT molecular complexity index is 988. The minimum absolute atomic E-state index is 0.00988. The quantitative estimate of drug-likeness (QED) is 0.677. The third-order valence-corrected chi connectivity index (χ3v) is 3.57. The lowest BCUT2D eigenvalue weighted by molar-refractivity contribution is 0.350. The predicted octanol–water partition coefficient (Wildman–Crippen LogP) is 2.59. The maximum Gasteiger partial charge on any atom is 0.205 e. The molecule has 0 bridgehead atoms. The predicted molar refractivity (Wildman–Crippen MR) is 86.0 cm³/mol. The summed E-state index contributed by atoms with van der Waals surface area (Å²) in [6.07, 6.45) is 0. The molecule has 0 radical (unpaired) electrons. The van der Waals surface area contributed by atoms with Crippen LogP contribution in [0.4, 0.5) is 0 Å². The third-order valence-electron chi connectivity index (χ3n) is 3.57. The van der Waals surface area contributed by atoms with Gasteiger partial charge < -0.3 is 29.2 Å². The van der Waals surface area contributed by atoms with E-state index in [4.69, 9.17) is 13.9 Å². The van der Waals surface area contributed by atoms with Gasteiger partial charge in [0.25, 0.3) is 0 Å². The van der Waals surface area contributed by atoms with Crippen molar-refractivity contribution in [2.75, 3.05) is 14.2 Å². The Balaban J connectivity index is 2.39. The Hall–Kier alpha value is -3.35. The van der Waals surface area contributed by atoms with Crippen LogP contribution in [0.1, 0.15) is 0 Å². The van der Waals surface area contributed by atoms with Crippen molar-refractivity contribution in [1.29, 1.82) is 0 Å². The first kappa shape index (κ1) is 15.5. The molecule has 0 saturated heterocycles. The van der Waals surface area contributed by atoms with Gasteiger partial charge in [-0.1, -0.05) is 0 Å². The van der Waals surface area contributed by atoms with E-state index in [1.54, 1.807) is 0 Å². The number of rotatable bonds is 3. The number of aromatic hydroxyl groups is 3. The van der Waals surface area contributed by atoms with E-state index in [-0.39, 0.29) is 51.0 Å². The average molecular weight is 330 g/mol. The van der Waals surface area contributed by atoms with Gasteiger partial charge in [0, 0.05) is 18.2 Å². The molecule has 0 spiro atoms. The number of phenolic OH excluding ortho intramolecular Hbond substituents is 3. The minimum Gasteiger partial charge on any atom is -0.508 e. The molecule has 124 valence electrons. The van der Waals surface area contributed by atoms with E-state index in [1.807, 2.05) is 0 Å². The largest absolute Gasteiger partial charge is 0.508 e. The van der Waals surface area contributed by atoms with Gasteiger partial charge in [-0.2, -0.15) is 0 Å². The zero-order chi connectivity index (χ0) is 17.4. The van der Waals surface area contributed by atoms with Crippen molar-refractivity contribution in [1.82, 2.24) is 0 Å². The van der Waals surface area contributed by atoms with Crippen LogP contribution < -0.4 is 14.9 Å². The lowest BCUT2D eigenvalue weighted by Gasteiger charge is -2.12. The molecule has 0 amide bonds. The van der Waals surface area contributed by atoms with E-state index in [2.05, 4.69) is 0 Å².